The highest BCUT2D eigenvalue weighted by Gasteiger charge is 2.61. The molecule has 1 saturated heterocycles. The second kappa shape index (κ2) is 7.08. The molecule has 3 aliphatic carbocycles. The smallest absolute Gasteiger partial charge is 0.254 e. The van der Waals surface area contributed by atoms with Crippen LogP contribution in [0.1, 0.15) is 41.9 Å². The van der Waals surface area contributed by atoms with Crippen LogP contribution in [0.25, 0.3) is 33.6 Å². The summed E-state index contributed by atoms with van der Waals surface area (Å²) in [5, 5.41) is 1.02. The van der Waals surface area contributed by atoms with Crippen molar-refractivity contribution >= 4 is 28.0 Å². The van der Waals surface area contributed by atoms with E-state index in [2.05, 4.69) is 25.1 Å². The van der Waals surface area contributed by atoms with Gasteiger partial charge in [0.15, 0.2) is 5.82 Å². The molecule has 0 spiro atoms. The van der Waals surface area contributed by atoms with Gasteiger partial charge in [0.2, 0.25) is 0 Å². The van der Waals surface area contributed by atoms with Gasteiger partial charge < -0.3 is 18.8 Å². The third kappa shape index (κ3) is 2.75. The average molecular weight is 483 g/mol. The van der Waals surface area contributed by atoms with Crippen LogP contribution in [-0.2, 0) is 13.6 Å². The van der Waals surface area contributed by atoms with Gasteiger partial charge in [-0.1, -0.05) is 0 Å². The summed E-state index contributed by atoms with van der Waals surface area (Å²) in [4.78, 5) is 30.0. The van der Waals surface area contributed by atoms with E-state index in [1.165, 1.54) is 25.7 Å². The molecule has 36 heavy (non-hydrogen) atoms. The van der Waals surface area contributed by atoms with Gasteiger partial charge in [0.25, 0.3) is 5.91 Å². The lowest BCUT2D eigenvalue weighted by molar-refractivity contribution is -0.0204. The highest BCUT2D eigenvalue weighted by Crippen LogP contribution is 2.60. The molecule has 4 fully saturated rings. The van der Waals surface area contributed by atoms with Crippen molar-refractivity contribution in [2.75, 3.05) is 13.7 Å². The number of hydrogen-bond acceptors (Lipinski definition) is 5. The number of methoxy groups -OCH3 is 1. The zero-order valence-electron chi connectivity index (χ0n) is 20.9. The Morgan fingerprint density at radius 2 is 2.00 bits per heavy atom. The summed E-state index contributed by atoms with van der Waals surface area (Å²) >= 11 is 0. The number of nitrogens with zero attached hydrogens (tertiary/aromatic N) is 6. The Kier molecular flexibility index (Phi) is 4.08. The van der Waals surface area contributed by atoms with Crippen molar-refractivity contribution in [1.29, 1.82) is 0 Å². The Hall–Kier alpha value is -3.42. The van der Waals surface area contributed by atoms with Crippen molar-refractivity contribution in [1.82, 2.24) is 29.0 Å². The van der Waals surface area contributed by atoms with E-state index in [9.17, 15) is 4.79 Å². The monoisotopic (exact) mass is 482 g/mol. The maximum Gasteiger partial charge on any atom is 0.254 e. The van der Waals surface area contributed by atoms with Gasteiger partial charge in [0.05, 0.1) is 18.3 Å². The largest absolute Gasteiger partial charge is 0.494 e. The Bertz CT molecular complexity index is 1580. The van der Waals surface area contributed by atoms with Crippen LogP contribution in [0, 0.1) is 30.6 Å². The summed E-state index contributed by atoms with van der Waals surface area (Å²) in [6.07, 6.45) is 6.89. The van der Waals surface area contributed by atoms with Crippen molar-refractivity contribution in [3.8, 4) is 17.3 Å². The number of likely N-dealkylation sites (tertiary alicyclic amines) is 1. The molecule has 4 atom stereocenters. The second-order valence-electron chi connectivity index (χ2n) is 11.4. The summed E-state index contributed by atoms with van der Waals surface area (Å²) in [7, 11) is 3.70. The summed E-state index contributed by atoms with van der Waals surface area (Å²) in [5.41, 5.74) is 4.35. The first-order valence-corrected chi connectivity index (χ1v) is 13.2. The van der Waals surface area contributed by atoms with Gasteiger partial charge in [-0.25, -0.2) is 15.0 Å². The fourth-order valence-electron chi connectivity index (χ4n) is 7.24. The van der Waals surface area contributed by atoms with E-state index in [1.807, 2.05) is 32.3 Å². The fraction of sp³-hybridized carbons (Fsp3) is 0.500. The first kappa shape index (κ1) is 20.7. The minimum absolute atomic E-state index is 0.119. The summed E-state index contributed by atoms with van der Waals surface area (Å²) in [5.74, 6) is 5.44. The lowest BCUT2D eigenvalue weighted by Gasteiger charge is -2.52. The third-order valence-corrected chi connectivity index (χ3v) is 9.30. The van der Waals surface area contributed by atoms with Gasteiger partial charge in [-0.05, 0) is 74.5 Å². The lowest BCUT2D eigenvalue weighted by atomic mass is 9.53. The Morgan fingerprint density at radius 1 is 1.14 bits per heavy atom. The topological polar surface area (TPSA) is 78.1 Å². The predicted octanol–water partition coefficient (Wildman–Crippen LogP) is 4.19. The van der Waals surface area contributed by atoms with Crippen LogP contribution >= 0.6 is 0 Å². The number of hydrogen-bond donors (Lipinski definition) is 0. The molecule has 3 saturated carbocycles. The van der Waals surface area contributed by atoms with Gasteiger partial charge in [0.1, 0.15) is 22.7 Å². The molecule has 8 nitrogen and oxygen atoms in total. The molecular formula is C28H30N6O2. The van der Waals surface area contributed by atoms with Gasteiger partial charge in [0, 0.05) is 43.3 Å². The van der Waals surface area contributed by atoms with Crippen LogP contribution in [0.4, 0.5) is 0 Å². The number of benzene rings is 1. The molecule has 1 unspecified atom stereocenters. The maximum atomic E-state index is 13.6. The number of ether oxygens (including phenoxy) is 1. The van der Waals surface area contributed by atoms with Crippen molar-refractivity contribution < 1.29 is 9.53 Å². The molecule has 8 rings (SSSR count). The Balaban J connectivity index is 1.25. The molecule has 1 aromatic carbocycles. The number of carbonyl (C=O) groups is 1. The minimum atomic E-state index is 0.119. The number of amides is 1. The maximum absolute atomic E-state index is 13.6. The molecular weight excluding hydrogens is 452 g/mol. The first-order chi connectivity index (χ1) is 17.5. The molecule has 1 amide bonds. The van der Waals surface area contributed by atoms with E-state index in [-0.39, 0.29) is 5.91 Å². The molecule has 0 bridgehead atoms. The quantitative estimate of drug-likeness (QED) is 0.426. The van der Waals surface area contributed by atoms with Crippen molar-refractivity contribution in [2.45, 2.75) is 45.2 Å². The molecule has 8 heteroatoms. The standard InChI is InChI=1S/C28H30N6O2/c1-14-29-11-18-9-22(33(26(18)30-14)12-15-4-5-15)27-31-20-7-17(10-23(36-3)25(20)32(27)2)28(35)34-13-19-6-16-8-21(34)24(16)19/h7,9-11,15-16,19,21,24H,4-6,8,12-13H2,1-3H3/t16?,19-,21-,24-/m1/s1. The number of aromatic nitrogens is 5. The minimum Gasteiger partial charge on any atom is -0.494 e. The van der Waals surface area contributed by atoms with Crippen LogP contribution in [0.3, 0.4) is 0 Å². The predicted molar refractivity (Wildman–Crippen MR) is 136 cm³/mol. The zero-order chi connectivity index (χ0) is 24.3. The van der Waals surface area contributed by atoms with Crippen LogP contribution < -0.4 is 4.74 Å². The summed E-state index contributed by atoms with van der Waals surface area (Å²) in [6, 6.07) is 6.44. The molecule has 4 aromatic rings. The van der Waals surface area contributed by atoms with Crippen molar-refractivity contribution in [3.63, 3.8) is 0 Å². The van der Waals surface area contributed by atoms with E-state index in [0.29, 0.717) is 29.2 Å². The lowest BCUT2D eigenvalue weighted by Crippen LogP contribution is -2.53. The fourth-order valence-corrected chi connectivity index (χ4v) is 7.24. The van der Waals surface area contributed by atoms with E-state index < -0.39 is 0 Å². The van der Waals surface area contributed by atoms with Crippen molar-refractivity contribution in [2.24, 2.45) is 30.7 Å². The number of rotatable bonds is 5. The average Bonchev–Trinajstić information content (AvgIpc) is 3.53. The van der Waals surface area contributed by atoms with Gasteiger partial charge >= 0.3 is 0 Å². The molecule has 4 aliphatic rings. The van der Waals surface area contributed by atoms with Gasteiger partial charge in [-0.3, -0.25) is 4.79 Å². The summed E-state index contributed by atoms with van der Waals surface area (Å²) in [6.45, 7) is 3.76. The number of carbonyl (C=O) groups excluding carboxylic acids is 1. The number of aryl methyl sites for hydroxylation is 2. The second-order valence-corrected chi connectivity index (χ2v) is 11.4. The Labute approximate surface area is 209 Å². The van der Waals surface area contributed by atoms with Gasteiger partial charge in [-0.2, -0.15) is 0 Å². The molecule has 184 valence electrons. The molecule has 3 aromatic heterocycles. The van der Waals surface area contributed by atoms with E-state index >= 15 is 0 Å². The molecule has 0 radical (unpaired) electrons. The van der Waals surface area contributed by atoms with E-state index in [4.69, 9.17) is 14.7 Å². The van der Waals surface area contributed by atoms with Crippen molar-refractivity contribution in [3.05, 3.63) is 35.8 Å². The zero-order valence-corrected chi connectivity index (χ0v) is 20.9. The first-order valence-electron chi connectivity index (χ1n) is 13.2. The number of imidazole rings is 1. The highest BCUT2D eigenvalue weighted by molar-refractivity contribution is 6.00. The summed E-state index contributed by atoms with van der Waals surface area (Å²) < 4.78 is 10.2. The van der Waals surface area contributed by atoms with Crippen LogP contribution in [0.5, 0.6) is 5.75 Å². The SMILES string of the molecule is COc1cc(C(=O)N2C[C@H]3CC4C[C@@H]2[C@H]43)cc2nc(-c3cc4cnc(C)nc4n3CC3CC3)n(C)c12. The molecule has 4 heterocycles. The Morgan fingerprint density at radius 3 is 2.75 bits per heavy atom. The van der Waals surface area contributed by atoms with E-state index in [0.717, 1.165) is 64.3 Å². The molecule has 0 N–H and O–H groups in total. The van der Waals surface area contributed by atoms with Crippen LogP contribution in [0.2, 0.25) is 0 Å². The molecule has 1 aliphatic heterocycles. The third-order valence-electron chi connectivity index (χ3n) is 9.30. The van der Waals surface area contributed by atoms with E-state index in [1.54, 1.807) is 7.11 Å². The van der Waals surface area contributed by atoms with Crippen LogP contribution in [0.15, 0.2) is 24.4 Å². The van der Waals surface area contributed by atoms with Gasteiger partial charge in [-0.15, -0.1) is 0 Å². The normalized spacial score (nSPS) is 26.2. The highest BCUT2D eigenvalue weighted by atomic mass is 16.5. The number of fused-ring (bicyclic) bond motifs is 2. The van der Waals surface area contributed by atoms with Crippen LogP contribution in [-0.4, -0.2) is 54.6 Å².